The van der Waals surface area contributed by atoms with Gasteiger partial charge >= 0.3 is 5.97 Å². The highest BCUT2D eigenvalue weighted by molar-refractivity contribution is 7.73. The number of nitrogens with zero attached hydrogens (tertiary/aromatic N) is 2. The Hall–Kier alpha value is -2.34. The second-order valence-corrected chi connectivity index (χ2v) is 8.72. The van der Waals surface area contributed by atoms with E-state index in [1.807, 2.05) is 19.2 Å². The summed E-state index contributed by atoms with van der Waals surface area (Å²) in [6.45, 7) is 4.70. The van der Waals surface area contributed by atoms with E-state index in [1.165, 1.54) is 16.9 Å². The molecule has 2 N–H and O–H groups in total. The van der Waals surface area contributed by atoms with Gasteiger partial charge in [0.05, 0.1) is 10.6 Å². The number of anilines is 1. The maximum atomic E-state index is 10.7. The van der Waals surface area contributed by atoms with Crippen molar-refractivity contribution >= 4 is 41.3 Å². The molecule has 0 bridgehead atoms. The van der Waals surface area contributed by atoms with E-state index in [9.17, 15) is 9.90 Å². The Morgan fingerprint density at radius 1 is 1.37 bits per heavy atom. The van der Waals surface area contributed by atoms with E-state index in [2.05, 4.69) is 36.6 Å². The Kier molecular flexibility index (Phi) is 5.29. The summed E-state index contributed by atoms with van der Waals surface area (Å²) in [6.07, 6.45) is 2.23. The van der Waals surface area contributed by atoms with Crippen molar-refractivity contribution in [2.75, 3.05) is 11.9 Å². The first-order valence-corrected chi connectivity index (χ1v) is 9.90. The van der Waals surface area contributed by atoms with Crippen LogP contribution in [0.1, 0.15) is 37.1 Å². The number of hydrogen-bond acceptors (Lipinski definition) is 5. The van der Waals surface area contributed by atoms with Crippen molar-refractivity contribution in [3.05, 3.63) is 50.1 Å². The highest BCUT2D eigenvalue weighted by atomic mass is 32.1. The van der Waals surface area contributed by atoms with Gasteiger partial charge in [0.25, 0.3) is 0 Å². The van der Waals surface area contributed by atoms with Gasteiger partial charge < -0.3 is 15.1 Å². The predicted octanol–water partition coefficient (Wildman–Crippen LogP) is 4.77. The van der Waals surface area contributed by atoms with Crippen LogP contribution < -0.4 is 4.90 Å². The molecule has 1 aromatic carbocycles. The van der Waals surface area contributed by atoms with E-state index < -0.39 is 5.97 Å². The minimum Gasteiger partial charge on any atom is -0.493 e. The van der Waals surface area contributed by atoms with Crippen molar-refractivity contribution in [3.63, 3.8) is 0 Å². The van der Waals surface area contributed by atoms with E-state index in [0.29, 0.717) is 21.8 Å². The lowest BCUT2D eigenvalue weighted by Gasteiger charge is -2.21. The number of likely N-dealkylation sites (N-methyl/N-ethyl adjacent to an activating group) is 1. The molecular weight excluding hydrogens is 380 g/mol. The van der Waals surface area contributed by atoms with Crippen molar-refractivity contribution in [1.29, 1.82) is 0 Å². The summed E-state index contributed by atoms with van der Waals surface area (Å²) in [6, 6.07) is 8.27. The molecule has 1 aliphatic heterocycles. The molecule has 0 saturated heterocycles. The second-order valence-electron chi connectivity index (χ2n) is 7.04. The molecule has 0 unspecified atom stereocenters. The van der Waals surface area contributed by atoms with E-state index >= 15 is 0 Å². The number of carboxylic acids is 1. The topological polar surface area (TPSA) is 65.7 Å². The number of rotatable bonds is 5. The third-order valence-electron chi connectivity index (χ3n) is 4.87. The molecule has 27 heavy (non-hydrogen) atoms. The van der Waals surface area contributed by atoms with Gasteiger partial charge in [0, 0.05) is 37.2 Å². The monoisotopic (exact) mass is 402 g/mol. The number of thiazole rings is 1. The van der Waals surface area contributed by atoms with Crippen molar-refractivity contribution < 1.29 is 15.0 Å². The maximum absolute atomic E-state index is 10.7. The molecule has 1 aromatic heterocycles. The second kappa shape index (κ2) is 7.35. The number of carbonyl (C=O) groups is 1. The fourth-order valence-electron chi connectivity index (χ4n) is 3.47. The summed E-state index contributed by atoms with van der Waals surface area (Å²) in [4.78, 5) is 13.4. The number of para-hydroxylation sites is 1. The molecule has 0 amide bonds. The summed E-state index contributed by atoms with van der Waals surface area (Å²) in [5.41, 5.74) is 6.57. The molecule has 0 fully saturated rings. The van der Waals surface area contributed by atoms with Crippen molar-refractivity contribution in [2.24, 2.45) is 0 Å². The van der Waals surface area contributed by atoms with Crippen LogP contribution in [0.3, 0.4) is 0 Å². The molecule has 3 rings (SSSR count). The number of aromatic nitrogens is 1. The zero-order valence-electron chi connectivity index (χ0n) is 15.5. The molecule has 7 heteroatoms. The molecule has 5 nitrogen and oxygen atoms in total. The molecule has 0 aliphatic carbocycles. The highest BCUT2D eigenvalue weighted by Crippen LogP contribution is 2.46. The lowest BCUT2D eigenvalue weighted by atomic mass is 9.84. The van der Waals surface area contributed by atoms with E-state index in [4.69, 9.17) is 17.3 Å². The first-order valence-electron chi connectivity index (χ1n) is 8.68. The van der Waals surface area contributed by atoms with E-state index in [1.54, 1.807) is 10.6 Å². The number of allylic oxidation sites excluding steroid dienone is 1. The lowest BCUT2D eigenvalue weighted by molar-refractivity contribution is -0.137. The van der Waals surface area contributed by atoms with Gasteiger partial charge in [-0.2, -0.15) is 0 Å². The molecule has 1 aliphatic rings. The van der Waals surface area contributed by atoms with Crippen LogP contribution >= 0.6 is 23.6 Å². The van der Waals surface area contributed by atoms with Crippen LogP contribution in [-0.4, -0.2) is 27.8 Å². The first-order chi connectivity index (χ1) is 12.7. The molecular formula is C20H22N2O3S2. The van der Waals surface area contributed by atoms with E-state index in [0.717, 1.165) is 11.4 Å². The quantitative estimate of drug-likeness (QED) is 0.557. The summed E-state index contributed by atoms with van der Waals surface area (Å²) in [7, 11) is 2.02. The fraction of sp³-hybridized carbons (Fsp3) is 0.350. The predicted molar refractivity (Wildman–Crippen MR) is 111 cm³/mol. The molecule has 0 spiro atoms. The van der Waals surface area contributed by atoms with Gasteiger partial charge in [-0.05, 0) is 44.1 Å². The number of fused-ring (bicyclic) bond motifs is 1. The zero-order chi connectivity index (χ0) is 19.8. The van der Waals surface area contributed by atoms with Gasteiger partial charge in [-0.25, -0.2) is 0 Å². The first kappa shape index (κ1) is 19.4. The van der Waals surface area contributed by atoms with Crippen molar-refractivity contribution in [2.45, 2.75) is 38.6 Å². The fourth-order valence-corrected chi connectivity index (χ4v) is 4.71. The van der Waals surface area contributed by atoms with Crippen molar-refractivity contribution in [1.82, 2.24) is 4.57 Å². The minimum absolute atomic E-state index is 0.0452. The molecule has 2 aromatic rings. The Balaban J connectivity index is 1.95. The average molecular weight is 403 g/mol. The lowest BCUT2D eigenvalue weighted by Crippen LogP contribution is -2.22. The third-order valence-corrected chi connectivity index (χ3v) is 6.26. The van der Waals surface area contributed by atoms with Crippen LogP contribution in [0, 0.1) is 3.95 Å². The van der Waals surface area contributed by atoms with Gasteiger partial charge in [0.1, 0.15) is 0 Å². The van der Waals surface area contributed by atoms with Crippen LogP contribution in [0.5, 0.6) is 5.88 Å². The van der Waals surface area contributed by atoms with Gasteiger partial charge in [-0.1, -0.05) is 23.9 Å². The maximum Gasteiger partial charge on any atom is 0.303 e. The SMILES string of the molecule is CN1C(=C=Cc2sc(=S)n(CCCC(=O)O)c2O)C(C)(C)c2ccccc21. The Labute approximate surface area is 167 Å². The van der Waals surface area contributed by atoms with Crippen LogP contribution in [0.4, 0.5) is 5.69 Å². The highest BCUT2D eigenvalue weighted by Gasteiger charge is 2.38. The van der Waals surface area contributed by atoms with Gasteiger partial charge in [-0.15, -0.1) is 11.3 Å². The number of aliphatic carboxylic acids is 1. The molecule has 142 valence electrons. The van der Waals surface area contributed by atoms with Crippen LogP contribution in [0.2, 0.25) is 0 Å². The number of benzene rings is 1. The molecule has 0 saturated carbocycles. The largest absolute Gasteiger partial charge is 0.493 e. The number of aromatic hydroxyl groups is 1. The zero-order valence-corrected chi connectivity index (χ0v) is 17.2. The van der Waals surface area contributed by atoms with Crippen LogP contribution in [-0.2, 0) is 16.8 Å². The smallest absolute Gasteiger partial charge is 0.303 e. The van der Waals surface area contributed by atoms with Crippen LogP contribution in [0.25, 0.3) is 6.08 Å². The third kappa shape index (κ3) is 3.58. The van der Waals surface area contributed by atoms with Gasteiger partial charge in [0.15, 0.2) is 3.95 Å². The minimum atomic E-state index is -0.854. The Bertz CT molecular complexity index is 1010. The Morgan fingerprint density at radius 3 is 2.74 bits per heavy atom. The summed E-state index contributed by atoms with van der Waals surface area (Å²) in [5.74, 6) is -0.786. The molecule has 2 heterocycles. The summed E-state index contributed by atoms with van der Waals surface area (Å²) < 4.78 is 2.11. The number of carboxylic acid groups (broad SMARTS) is 1. The van der Waals surface area contributed by atoms with Crippen molar-refractivity contribution in [3.8, 4) is 5.88 Å². The average Bonchev–Trinajstić information content (AvgIpc) is 2.98. The van der Waals surface area contributed by atoms with E-state index in [-0.39, 0.29) is 17.7 Å². The van der Waals surface area contributed by atoms with Gasteiger partial charge in [0.2, 0.25) is 5.88 Å². The summed E-state index contributed by atoms with van der Waals surface area (Å²) >= 11 is 6.62. The normalized spacial score (nSPS) is 14.8. The van der Waals surface area contributed by atoms with Gasteiger partial charge in [-0.3, -0.25) is 9.36 Å². The Morgan fingerprint density at radius 2 is 2.07 bits per heavy atom. The standard InChI is InChI=1S/C20H22N2O3S2/c1-20(2)13-7-4-5-8-14(13)21(3)16(20)11-10-15-18(25)22(19(26)27-15)12-6-9-17(23)24/h4-5,7-8,10,25H,6,9,12H2,1-3H3,(H,23,24). The van der Waals surface area contributed by atoms with Crippen LogP contribution in [0.15, 0.2) is 35.7 Å². The molecule has 0 atom stereocenters. The number of hydrogen-bond donors (Lipinski definition) is 2. The molecule has 0 radical (unpaired) electrons. The summed E-state index contributed by atoms with van der Waals surface area (Å²) in [5, 5.41) is 19.3.